The third-order valence-corrected chi connectivity index (χ3v) is 2.07. The first-order valence-corrected chi connectivity index (χ1v) is 4.93. The molecule has 0 fully saturated rings. The second kappa shape index (κ2) is 5.23. The van der Waals surface area contributed by atoms with Gasteiger partial charge >= 0.3 is 0 Å². The predicted molar refractivity (Wildman–Crippen MR) is 57.1 cm³/mol. The highest BCUT2D eigenvalue weighted by Crippen LogP contribution is 2.11. The highest BCUT2D eigenvalue weighted by Gasteiger charge is 2.04. The summed E-state index contributed by atoms with van der Waals surface area (Å²) < 4.78 is 0. The molecule has 1 rings (SSSR count). The number of aromatic nitrogens is 1. The van der Waals surface area contributed by atoms with Gasteiger partial charge in [0.1, 0.15) is 5.82 Å². The monoisotopic (exact) mass is 189 g/mol. The lowest BCUT2D eigenvalue weighted by atomic mass is 10.2. The van der Waals surface area contributed by atoms with Crippen molar-refractivity contribution in [2.45, 2.75) is 20.3 Å². The van der Waals surface area contributed by atoms with Crippen molar-refractivity contribution in [1.29, 1.82) is 5.26 Å². The first-order valence-electron chi connectivity index (χ1n) is 4.93. The standard InChI is InChI=1S/C11H15N3/c1-3-7-14(4-2)11-8-10(9-12)5-6-13-11/h5-6,8H,3-4,7H2,1-2H3. The van der Waals surface area contributed by atoms with Gasteiger partial charge in [0.15, 0.2) is 0 Å². The maximum Gasteiger partial charge on any atom is 0.129 e. The van der Waals surface area contributed by atoms with Crippen LogP contribution in [-0.2, 0) is 0 Å². The summed E-state index contributed by atoms with van der Waals surface area (Å²) >= 11 is 0. The predicted octanol–water partition coefficient (Wildman–Crippen LogP) is 2.19. The number of hydrogen-bond acceptors (Lipinski definition) is 3. The molecular formula is C11H15N3. The van der Waals surface area contributed by atoms with Crippen LogP contribution in [0.15, 0.2) is 18.3 Å². The van der Waals surface area contributed by atoms with Crippen molar-refractivity contribution in [1.82, 2.24) is 4.98 Å². The Morgan fingerprint density at radius 3 is 2.86 bits per heavy atom. The van der Waals surface area contributed by atoms with Crippen LogP contribution in [0.1, 0.15) is 25.8 Å². The number of nitrogens with zero attached hydrogens (tertiary/aromatic N) is 3. The second-order valence-electron chi connectivity index (χ2n) is 3.09. The van der Waals surface area contributed by atoms with E-state index in [-0.39, 0.29) is 0 Å². The van der Waals surface area contributed by atoms with Gasteiger partial charge in [-0.2, -0.15) is 5.26 Å². The Morgan fingerprint density at radius 2 is 2.29 bits per heavy atom. The maximum atomic E-state index is 8.75. The molecule has 0 spiro atoms. The zero-order valence-corrected chi connectivity index (χ0v) is 8.70. The topological polar surface area (TPSA) is 39.9 Å². The molecule has 0 saturated carbocycles. The molecule has 0 radical (unpaired) electrons. The molecule has 0 N–H and O–H groups in total. The van der Waals surface area contributed by atoms with Crippen molar-refractivity contribution in [2.24, 2.45) is 0 Å². The van der Waals surface area contributed by atoms with E-state index in [0.29, 0.717) is 5.56 Å². The third-order valence-electron chi connectivity index (χ3n) is 2.07. The van der Waals surface area contributed by atoms with Crippen LogP contribution in [0.5, 0.6) is 0 Å². The minimum absolute atomic E-state index is 0.671. The van der Waals surface area contributed by atoms with Gasteiger partial charge in [0.25, 0.3) is 0 Å². The van der Waals surface area contributed by atoms with E-state index in [9.17, 15) is 0 Å². The fourth-order valence-corrected chi connectivity index (χ4v) is 1.37. The lowest BCUT2D eigenvalue weighted by Crippen LogP contribution is -2.24. The average molecular weight is 189 g/mol. The molecule has 0 atom stereocenters. The summed E-state index contributed by atoms with van der Waals surface area (Å²) in [6, 6.07) is 5.68. The number of hydrogen-bond donors (Lipinski definition) is 0. The van der Waals surface area contributed by atoms with Gasteiger partial charge in [-0.3, -0.25) is 0 Å². The second-order valence-corrected chi connectivity index (χ2v) is 3.09. The highest BCUT2D eigenvalue weighted by molar-refractivity contribution is 5.44. The molecule has 74 valence electrons. The van der Waals surface area contributed by atoms with Crippen molar-refractivity contribution < 1.29 is 0 Å². The fourth-order valence-electron chi connectivity index (χ4n) is 1.37. The van der Waals surface area contributed by atoms with E-state index >= 15 is 0 Å². The Hall–Kier alpha value is -1.56. The summed E-state index contributed by atoms with van der Waals surface area (Å²) in [5.74, 6) is 0.897. The van der Waals surface area contributed by atoms with Crippen molar-refractivity contribution in [3.63, 3.8) is 0 Å². The molecule has 0 unspecified atom stereocenters. The Bertz CT molecular complexity index is 328. The summed E-state index contributed by atoms with van der Waals surface area (Å²) in [5, 5.41) is 8.75. The Kier molecular flexibility index (Phi) is 3.93. The molecular weight excluding hydrogens is 174 g/mol. The van der Waals surface area contributed by atoms with Crippen molar-refractivity contribution in [3.05, 3.63) is 23.9 Å². The normalized spacial score (nSPS) is 9.50. The lowest BCUT2D eigenvalue weighted by Gasteiger charge is -2.20. The van der Waals surface area contributed by atoms with Gasteiger partial charge in [0.2, 0.25) is 0 Å². The van der Waals surface area contributed by atoms with Crippen LogP contribution in [0.4, 0.5) is 5.82 Å². The molecule has 1 aromatic rings. The quantitative estimate of drug-likeness (QED) is 0.729. The molecule has 0 bridgehead atoms. The zero-order chi connectivity index (χ0) is 10.4. The SMILES string of the molecule is CCCN(CC)c1cc(C#N)ccn1. The van der Waals surface area contributed by atoms with E-state index in [1.807, 2.05) is 6.07 Å². The van der Waals surface area contributed by atoms with Gasteiger partial charge in [-0.1, -0.05) is 6.92 Å². The van der Waals surface area contributed by atoms with Crippen molar-refractivity contribution in [2.75, 3.05) is 18.0 Å². The van der Waals surface area contributed by atoms with Crippen molar-refractivity contribution in [3.8, 4) is 6.07 Å². The summed E-state index contributed by atoms with van der Waals surface area (Å²) in [7, 11) is 0. The Balaban J connectivity index is 2.87. The number of anilines is 1. The average Bonchev–Trinajstić information content (AvgIpc) is 2.26. The number of pyridine rings is 1. The molecule has 1 heterocycles. The summed E-state index contributed by atoms with van der Waals surface area (Å²) in [6.07, 6.45) is 2.78. The van der Waals surface area contributed by atoms with Gasteiger partial charge in [-0.05, 0) is 25.5 Å². The van der Waals surface area contributed by atoms with Gasteiger partial charge in [0.05, 0.1) is 11.6 Å². The van der Waals surface area contributed by atoms with Gasteiger partial charge in [0, 0.05) is 19.3 Å². The van der Waals surface area contributed by atoms with Crippen LogP contribution in [0.3, 0.4) is 0 Å². The molecule has 14 heavy (non-hydrogen) atoms. The first kappa shape index (κ1) is 10.5. The van der Waals surface area contributed by atoms with E-state index in [4.69, 9.17) is 5.26 Å². The fraction of sp³-hybridized carbons (Fsp3) is 0.455. The van der Waals surface area contributed by atoms with Crippen LogP contribution in [0, 0.1) is 11.3 Å². The molecule has 0 aliphatic carbocycles. The molecule has 3 heteroatoms. The molecule has 3 nitrogen and oxygen atoms in total. The van der Waals surface area contributed by atoms with Gasteiger partial charge in [-0.15, -0.1) is 0 Å². The third kappa shape index (κ3) is 2.46. The summed E-state index contributed by atoms with van der Waals surface area (Å²) in [5.41, 5.74) is 0.671. The van der Waals surface area contributed by atoms with Crippen LogP contribution in [0.25, 0.3) is 0 Å². The molecule has 0 amide bonds. The molecule has 0 saturated heterocycles. The van der Waals surface area contributed by atoms with Crippen LogP contribution >= 0.6 is 0 Å². The molecule has 0 aromatic carbocycles. The van der Waals surface area contributed by atoms with Crippen LogP contribution in [-0.4, -0.2) is 18.1 Å². The van der Waals surface area contributed by atoms with E-state index in [1.54, 1.807) is 12.3 Å². The first-order chi connectivity index (χ1) is 6.81. The van der Waals surface area contributed by atoms with Crippen LogP contribution < -0.4 is 4.90 Å². The number of rotatable bonds is 4. The Labute approximate surface area is 85.0 Å². The molecule has 0 aliphatic heterocycles. The van der Waals surface area contributed by atoms with Crippen LogP contribution in [0.2, 0.25) is 0 Å². The highest BCUT2D eigenvalue weighted by atomic mass is 15.2. The zero-order valence-electron chi connectivity index (χ0n) is 8.70. The smallest absolute Gasteiger partial charge is 0.129 e. The van der Waals surface area contributed by atoms with E-state index in [1.165, 1.54) is 0 Å². The van der Waals surface area contributed by atoms with E-state index < -0.39 is 0 Å². The Morgan fingerprint density at radius 1 is 1.50 bits per heavy atom. The van der Waals surface area contributed by atoms with E-state index in [2.05, 4.69) is 29.8 Å². The van der Waals surface area contributed by atoms with Gasteiger partial charge < -0.3 is 4.90 Å². The van der Waals surface area contributed by atoms with Crippen molar-refractivity contribution >= 4 is 5.82 Å². The summed E-state index contributed by atoms with van der Waals surface area (Å²) in [4.78, 5) is 6.42. The maximum absolute atomic E-state index is 8.75. The van der Waals surface area contributed by atoms with Gasteiger partial charge in [-0.25, -0.2) is 4.98 Å². The minimum Gasteiger partial charge on any atom is -0.357 e. The number of nitriles is 1. The molecule has 1 aromatic heterocycles. The largest absolute Gasteiger partial charge is 0.357 e. The lowest BCUT2D eigenvalue weighted by molar-refractivity contribution is 0.778. The van der Waals surface area contributed by atoms with E-state index in [0.717, 1.165) is 25.3 Å². The molecule has 0 aliphatic rings. The summed E-state index contributed by atoms with van der Waals surface area (Å²) in [6.45, 7) is 6.14. The minimum atomic E-state index is 0.671.